The van der Waals surface area contributed by atoms with E-state index in [-0.39, 0.29) is 0 Å². The first-order valence-electron chi connectivity index (χ1n) is 3.50. The predicted molar refractivity (Wildman–Crippen MR) is 48.7 cm³/mol. The summed E-state index contributed by atoms with van der Waals surface area (Å²) in [6, 6.07) is 4.17. The maximum Gasteiger partial charge on any atom is 0.110 e. The zero-order valence-electron chi connectivity index (χ0n) is 5.80. The van der Waals surface area contributed by atoms with Crippen LogP contribution in [0.1, 0.15) is 29.2 Å². The lowest BCUT2D eigenvalue weighted by molar-refractivity contribution is 1.14. The standard InChI is InChI=1S/C8H6BrNS/c9-8-7(5-1-2-5)3-6(4-10)11-8/h3,5H,1-2H2. The van der Waals surface area contributed by atoms with Crippen LogP contribution in [-0.4, -0.2) is 0 Å². The molecule has 0 N–H and O–H groups in total. The summed E-state index contributed by atoms with van der Waals surface area (Å²) in [7, 11) is 0. The van der Waals surface area contributed by atoms with E-state index >= 15 is 0 Å². The minimum atomic E-state index is 0.739. The molecule has 0 aromatic carbocycles. The van der Waals surface area contributed by atoms with Crippen LogP contribution in [0.25, 0.3) is 0 Å². The molecular formula is C8H6BrNS. The van der Waals surface area contributed by atoms with Gasteiger partial charge in [-0.05, 0) is 46.3 Å². The van der Waals surface area contributed by atoms with Gasteiger partial charge in [0.25, 0.3) is 0 Å². The van der Waals surface area contributed by atoms with Gasteiger partial charge in [-0.2, -0.15) is 5.26 Å². The number of rotatable bonds is 1. The molecule has 1 nitrogen and oxygen atoms in total. The van der Waals surface area contributed by atoms with E-state index in [0.29, 0.717) is 0 Å². The third-order valence-electron chi connectivity index (χ3n) is 1.84. The number of hydrogen-bond donors (Lipinski definition) is 0. The van der Waals surface area contributed by atoms with Crippen molar-refractivity contribution in [2.45, 2.75) is 18.8 Å². The van der Waals surface area contributed by atoms with E-state index < -0.39 is 0 Å². The molecule has 1 fully saturated rings. The van der Waals surface area contributed by atoms with Gasteiger partial charge in [-0.3, -0.25) is 0 Å². The highest BCUT2D eigenvalue weighted by molar-refractivity contribution is 9.11. The van der Waals surface area contributed by atoms with E-state index in [1.807, 2.05) is 6.07 Å². The molecule has 0 amide bonds. The lowest BCUT2D eigenvalue weighted by Gasteiger charge is -1.88. The quantitative estimate of drug-likeness (QED) is 0.723. The van der Waals surface area contributed by atoms with Crippen LogP contribution in [0.3, 0.4) is 0 Å². The molecule has 0 saturated heterocycles. The largest absolute Gasteiger partial charge is 0.192 e. The summed E-state index contributed by atoms with van der Waals surface area (Å²) in [5, 5.41) is 8.62. The average molecular weight is 228 g/mol. The van der Waals surface area contributed by atoms with Gasteiger partial charge in [-0.25, -0.2) is 0 Å². The Morgan fingerprint density at radius 3 is 2.82 bits per heavy atom. The Hall–Kier alpha value is -0.330. The maximum absolute atomic E-state index is 8.62. The van der Waals surface area contributed by atoms with Crippen molar-refractivity contribution in [2.75, 3.05) is 0 Å². The summed E-state index contributed by atoms with van der Waals surface area (Å²) in [5.74, 6) is 0.739. The van der Waals surface area contributed by atoms with E-state index in [2.05, 4.69) is 22.0 Å². The molecule has 1 saturated carbocycles. The molecule has 11 heavy (non-hydrogen) atoms. The van der Waals surface area contributed by atoms with E-state index in [0.717, 1.165) is 14.6 Å². The number of nitriles is 1. The van der Waals surface area contributed by atoms with Crippen LogP contribution in [0, 0.1) is 11.3 Å². The fourth-order valence-corrected chi connectivity index (χ4v) is 2.84. The SMILES string of the molecule is N#Cc1cc(C2CC2)c(Br)s1. The summed E-state index contributed by atoms with van der Waals surface area (Å²) >= 11 is 5.00. The summed E-state index contributed by atoms with van der Waals surface area (Å²) in [5.41, 5.74) is 1.34. The predicted octanol–water partition coefficient (Wildman–Crippen LogP) is 3.26. The maximum atomic E-state index is 8.62. The summed E-state index contributed by atoms with van der Waals surface area (Å²) < 4.78 is 1.15. The van der Waals surface area contributed by atoms with E-state index in [9.17, 15) is 0 Å². The van der Waals surface area contributed by atoms with Crippen LogP contribution in [0.4, 0.5) is 0 Å². The fraction of sp³-hybridized carbons (Fsp3) is 0.375. The average Bonchev–Trinajstić information content (AvgIpc) is 2.76. The van der Waals surface area contributed by atoms with Gasteiger partial charge < -0.3 is 0 Å². The normalized spacial score (nSPS) is 16.4. The molecule has 3 heteroatoms. The highest BCUT2D eigenvalue weighted by atomic mass is 79.9. The Labute approximate surface area is 77.8 Å². The molecule has 0 radical (unpaired) electrons. The third kappa shape index (κ3) is 1.33. The lowest BCUT2D eigenvalue weighted by atomic mass is 10.2. The molecule has 56 valence electrons. The second-order valence-electron chi connectivity index (χ2n) is 2.73. The minimum Gasteiger partial charge on any atom is -0.192 e. The summed E-state index contributed by atoms with van der Waals surface area (Å²) in [6.07, 6.45) is 2.58. The molecule has 1 aliphatic carbocycles. The smallest absolute Gasteiger partial charge is 0.110 e. The fourth-order valence-electron chi connectivity index (χ4n) is 1.11. The molecule has 0 aliphatic heterocycles. The zero-order valence-corrected chi connectivity index (χ0v) is 8.20. The van der Waals surface area contributed by atoms with Crippen LogP contribution in [0.2, 0.25) is 0 Å². The Morgan fingerprint density at radius 2 is 2.36 bits per heavy atom. The number of hydrogen-bond acceptors (Lipinski definition) is 2. The number of nitrogens with zero attached hydrogens (tertiary/aromatic N) is 1. The summed E-state index contributed by atoms with van der Waals surface area (Å²) in [4.78, 5) is 0.818. The van der Waals surface area contributed by atoms with Gasteiger partial charge in [0, 0.05) is 0 Å². The van der Waals surface area contributed by atoms with Crippen molar-refractivity contribution in [3.8, 4) is 6.07 Å². The molecule has 0 bridgehead atoms. The highest BCUT2D eigenvalue weighted by Crippen LogP contribution is 2.46. The van der Waals surface area contributed by atoms with Gasteiger partial charge in [-0.1, -0.05) is 0 Å². The van der Waals surface area contributed by atoms with Gasteiger partial charge in [-0.15, -0.1) is 11.3 Å². The zero-order chi connectivity index (χ0) is 7.84. The lowest BCUT2D eigenvalue weighted by Crippen LogP contribution is -1.71. The van der Waals surface area contributed by atoms with Crippen molar-refractivity contribution in [3.05, 3.63) is 20.3 Å². The van der Waals surface area contributed by atoms with Crippen LogP contribution in [0.5, 0.6) is 0 Å². The highest BCUT2D eigenvalue weighted by Gasteiger charge is 2.27. The number of halogens is 1. The second kappa shape index (κ2) is 2.62. The van der Waals surface area contributed by atoms with Gasteiger partial charge in [0.1, 0.15) is 10.9 Å². The van der Waals surface area contributed by atoms with Gasteiger partial charge >= 0.3 is 0 Å². The van der Waals surface area contributed by atoms with Crippen LogP contribution in [0.15, 0.2) is 9.85 Å². The third-order valence-corrected chi connectivity index (χ3v) is 3.63. The van der Waals surface area contributed by atoms with Crippen LogP contribution < -0.4 is 0 Å². The molecule has 2 rings (SSSR count). The van der Waals surface area contributed by atoms with Crippen molar-refractivity contribution in [1.82, 2.24) is 0 Å². The second-order valence-corrected chi connectivity index (χ2v) is 5.10. The van der Waals surface area contributed by atoms with E-state index in [1.54, 1.807) is 0 Å². The van der Waals surface area contributed by atoms with Crippen LogP contribution >= 0.6 is 27.3 Å². The Kier molecular flexibility index (Phi) is 1.74. The summed E-state index contributed by atoms with van der Waals surface area (Å²) in [6.45, 7) is 0. The molecule has 1 heterocycles. The molecule has 0 atom stereocenters. The first kappa shape index (κ1) is 7.33. The van der Waals surface area contributed by atoms with Crippen molar-refractivity contribution in [2.24, 2.45) is 0 Å². The minimum absolute atomic E-state index is 0.739. The first-order chi connectivity index (χ1) is 5.31. The van der Waals surface area contributed by atoms with Crippen molar-refractivity contribution in [3.63, 3.8) is 0 Å². The van der Waals surface area contributed by atoms with Crippen molar-refractivity contribution < 1.29 is 0 Å². The van der Waals surface area contributed by atoms with Gasteiger partial charge in [0.2, 0.25) is 0 Å². The van der Waals surface area contributed by atoms with Crippen molar-refractivity contribution >= 4 is 27.3 Å². The van der Waals surface area contributed by atoms with E-state index in [4.69, 9.17) is 5.26 Å². The van der Waals surface area contributed by atoms with Gasteiger partial charge in [0.15, 0.2) is 0 Å². The Balaban J connectivity index is 2.40. The van der Waals surface area contributed by atoms with Crippen LogP contribution in [-0.2, 0) is 0 Å². The molecule has 1 aromatic rings. The molecule has 1 aliphatic rings. The Morgan fingerprint density at radius 1 is 1.64 bits per heavy atom. The monoisotopic (exact) mass is 227 g/mol. The molecular weight excluding hydrogens is 222 g/mol. The molecule has 0 unspecified atom stereocenters. The Bertz CT molecular complexity index is 319. The van der Waals surface area contributed by atoms with E-state index in [1.165, 1.54) is 29.7 Å². The molecule has 0 spiro atoms. The molecule has 1 aromatic heterocycles. The first-order valence-corrected chi connectivity index (χ1v) is 5.11. The van der Waals surface area contributed by atoms with Gasteiger partial charge in [0.05, 0.1) is 3.79 Å². The number of thiophene rings is 1. The van der Waals surface area contributed by atoms with Crippen molar-refractivity contribution in [1.29, 1.82) is 5.26 Å². The topological polar surface area (TPSA) is 23.8 Å².